The van der Waals surface area contributed by atoms with Gasteiger partial charge in [-0.3, -0.25) is 10.3 Å². The molecule has 0 aliphatic heterocycles. The average molecular weight is 446 g/mol. The number of hydrogen-bond acceptors (Lipinski definition) is 4. The van der Waals surface area contributed by atoms with Gasteiger partial charge in [0.25, 0.3) is 0 Å². The lowest BCUT2D eigenvalue weighted by atomic mass is 10.0. The minimum Gasteiger partial charge on any atom is -0.480 e. The van der Waals surface area contributed by atoms with Crippen LogP contribution in [0.25, 0.3) is 0 Å². The Balaban J connectivity index is 4.33. The Bertz CT molecular complexity index is 751. The number of carbonyl (C=O) groups is 1. The zero-order chi connectivity index (χ0) is 23.6. The lowest BCUT2D eigenvalue weighted by molar-refractivity contribution is -0.137. The molecule has 0 heterocycles. The fraction of sp³-hybridized carbons (Fsp3) is 0.560. The largest absolute Gasteiger partial charge is 0.480 e. The second kappa shape index (κ2) is 17.4. The highest BCUT2D eigenvalue weighted by Crippen LogP contribution is 2.16. The first kappa shape index (κ1) is 28.7. The van der Waals surface area contributed by atoms with Gasteiger partial charge >= 0.3 is 5.97 Å². The number of hydrogen-bond donors (Lipinski definition) is 2. The highest BCUT2D eigenvalue weighted by molar-refractivity contribution is 8.02. The van der Waals surface area contributed by atoms with Crippen LogP contribution in [0, 0.1) is 11.5 Å². The predicted octanol–water partition coefficient (Wildman–Crippen LogP) is 6.77. The Kier molecular flexibility index (Phi) is 16.2. The van der Waals surface area contributed by atoms with E-state index in [-0.39, 0.29) is 0 Å². The SMILES string of the molecule is CC(C)=CCCC(C)=CCCC(C)=CCCC(C)=CSCC(N=C(C)NC#N)C(=O)O. The molecule has 31 heavy (non-hydrogen) atoms. The molecule has 0 aromatic rings. The van der Waals surface area contributed by atoms with Crippen molar-refractivity contribution in [3.63, 3.8) is 0 Å². The van der Waals surface area contributed by atoms with Crippen molar-refractivity contribution in [1.29, 1.82) is 5.26 Å². The van der Waals surface area contributed by atoms with Gasteiger partial charge in [-0.15, -0.1) is 11.8 Å². The lowest BCUT2D eigenvalue weighted by Crippen LogP contribution is -2.25. The average Bonchev–Trinajstić information content (AvgIpc) is 2.67. The molecule has 0 fully saturated rings. The summed E-state index contributed by atoms with van der Waals surface area (Å²) in [7, 11) is 0. The van der Waals surface area contributed by atoms with Gasteiger partial charge in [-0.05, 0) is 85.5 Å². The molecule has 5 nitrogen and oxygen atoms in total. The minimum absolute atomic E-state index is 0.315. The maximum atomic E-state index is 11.3. The summed E-state index contributed by atoms with van der Waals surface area (Å²) in [6, 6.07) is -0.865. The van der Waals surface area contributed by atoms with Crippen LogP contribution in [0.15, 0.2) is 50.9 Å². The number of amidine groups is 1. The third-order valence-corrected chi connectivity index (χ3v) is 5.64. The van der Waals surface area contributed by atoms with Gasteiger partial charge in [0, 0.05) is 5.75 Å². The van der Waals surface area contributed by atoms with Gasteiger partial charge in [0.15, 0.2) is 12.2 Å². The van der Waals surface area contributed by atoms with E-state index in [4.69, 9.17) is 5.26 Å². The second-order valence-electron chi connectivity index (χ2n) is 8.10. The fourth-order valence-electron chi connectivity index (χ4n) is 2.74. The number of aliphatic carboxylic acids is 1. The summed E-state index contributed by atoms with van der Waals surface area (Å²) in [4.78, 5) is 15.3. The van der Waals surface area contributed by atoms with Crippen LogP contribution in [-0.4, -0.2) is 28.7 Å². The summed E-state index contributed by atoms with van der Waals surface area (Å²) in [5.41, 5.74) is 5.48. The maximum absolute atomic E-state index is 11.3. The monoisotopic (exact) mass is 445 g/mol. The molecule has 0 saturated carbocycles. The molecular weight excluding hydrogens is 406 g/mol. The Morgan fingerprint density at radius 1 is 0.968 bits per heavy atom. The lowest BCUT2D eigenvalue weighted by Gasteiger charge is -2.07. The minimum atomic E-state index is -0.988. The molecule has 1 atom stereocenters. The molecule has 0 amide bonds. The van der Waals surface area contributed by atoms with Crippen molar-refractivity contribution in [2.24, 2.45) is 4.99 Å². The summed E-state index contributed by atoms with van der Waals surface area (Å²) in [5.74, 6) is -0.335. The van der Waals surface area contributed by atoms with Crippen molar-refractivity contribution >= 4 is 23.6 Å². The van der Waals surface area contributed by atoms with Crippen LogP contribution < -0.4 is 5.32 Å². The Morgan fingerprint density at radius 3 is 1.97 bits per heavy atom. The van der Waals surface area contributed by atoms with E-state index in [1.807, 2.05) is 5.41 Å². The number of nitriles is 1. The summed E-state index contributed by atoms with van der Waals surface area (Å²) in [6.07, 6.45) is 15.1. The molecule has 0 aliphatic carbocycles. The van der Waals surface area contributed by atoms with E-state index in [0.717, 1.165) is 38.5 Å². The Morgan fingerprint density at radius 2 is 1.48 bits per heavy atom. The fourth-order valence-corrected chi connectivity index (χ4v) is 3.63. The summed E-state index contributed by atoms with van der Waals surface area (Å²) in [6.45, 7) is 12.3. The quantitative estimate of drug-likeness (QED) is 0.101. The van der Waals surface area contributed by atoms with Crippen LogP contribution in [0.4, 0.5) is 0 Å². The van der Waals surface area contributed by atoms with E-state index in [9.17, 15) is 9.90 Å². The van der Waals surface area contributed by atoms with Crippen LogP contribution in [0.3, 0.4) is 0 Å². The van der Waals surface area contributed by atoms with Crippen LogP contribution >= 0.6 is 11.8 Å². The van der Waals surface area contributed by atoms with Crippen molar-refractivity contribution < 1.29 is 9.90 Å². The van der Waals surface area contributed by atoms with Gasteiger partial charge in [-0.1, -0.05) is 40.5 Å². The third-order valence-electron chi connectivity index (χ3n) is 4.56. The van der Waals surface area contributed by atoms with Gasteiger partial charge < -0.3 is 5.11 Å². The van der Waals surface area contributed by atoms with Crippen molar-refractivity contribution in [3.05, 3.63) is 45.9 Å². The molecule has 0 aromatic heterocycles. The second-order valence-corrected chi connectivity index (χ2v) is 9.00. The number of carboxylic acid groups (broad SMARTS) is 1. The number of carboxylic acids is 1. The van der Waals surface area contributed by atoms with Crippen molar-refractivity contribution in [2.75, 3.05) is 5.75 Å². The predicted molar refractivity (Wildman–Crippen MR) is 134 cm³/mol. The van der Waals surface area contributed by atoms with Gasteiger partial charge in [-0.25, -0.2) is 4.79 Å². The topological polar surface area (TPSA) is 85.5 Å². The number of nitrogens with zero attached hydrogens (tertiary/aromatic N) is 2. The van der Waals surface area contributed by atoms with Gasteiger partial charge in [-0.2, -0.15) is 5.26 Å². The molecule has 0 rings (SSSR count). The highest BCUT2D eigenvalue weighted by atomic mass is 32.2. The molecule has 2 N–H and O–H groups in total. The molecule has 0 spiro atoms. The molecule has 0 aromatic carbocycles. The van der Waals surface area contributed by atoms with Crippen LogP contribution in [0.1, 0.15) is 80.1 Å². The van der Waals surface area contributed by atoms with Gasteiger partial charge in [0.2, 0.25) is 0 Å². The summed E-state index contributed by atoms with van der Waals surface area (Å²) >= 11 is 1.45. The normalized spacial score (nSPS) is 14.1. The van der Waals surface area contributed by atoms with Crippen LogP contribution in [-0.2, 0) is 4.79 Å². The standard InChI is InChI=1S/C25H39N3O2S/c1-19(2)10-7-11-20(3)12-8-13-21(4)14-9-15-22(5)16-31-17-24(25(29)30)28-23(6)27-18-26/h10,12,14,16,24H,7-9,11,13,15,17H2,1-6H3,(H,27,28)(H,29,30). The van der Waals surface area contributed by atoms with Gasteiger partial charge in [0.05, 0.1) is 0 Å². The molecule has 0 bridgehead atoms. The van der Waals surface area contributed by atoms with Crippen molar-refractivity contribution in [1.82, 2.24) is 5.32 Å². The number of allylic oxidation sites excluding steroid dienone is 7. The first-order chi connectivity index (χ1) is 14.6. The van der Waals surface area contributed by atoms with Crippen LogP contribution in [0.2, 0.25) is 0 Å². The summed E-state index contributed by atoms with van der Waals surface area (Å²) < 4.78 is 0. The van der Waals surface area contributed by atoms with E-state index in [2.05, 4.69) is 63.2 Å². The first-order valence-corrected chi connectivity index (χ1v) is 11.8. The molecule has 0 radical (unpaired) electrons. The maximum Gasteiger partial charge on any atom is 0.329 e. The zero-order valence-corrected chi connectivity index (χ0v) is 20.8. The molecule has 0 saturated heterocycles. The van der Waals surface area contributed by atoms with E-state index in [1.165, 1.54) is 34.1 Å². The number of aliphatic imine (C=N–C) groups is 1. The van der Waals surface area contributed by atoms with Gasteiger partial charge in [0.1, 0.15) is 5.84 Å². The zero-order valence-electron chi connectivity index (χ0n) is 20.0. The Hall–Kier alpha value is -2.26. The van der Waals surface area contributed by atoms with Crippen molar-refractivity contribution in [3.8, 4) is 6.19 Å². The smallest absolute Gasteiger partial charge is 0.329 e. The molecular formula is C25H39N3O2S. The number of rotatable bonds is 14. The number of nitrogens with one attached hydrogen (secondary N) is 1. The van der Waals surface area contributed by atoms with E-state index >= 15 is 0 Å². The third kappa shape index (κ3) is 17.1. The Labute approximate surface area is 193 Å². The van der Waals surface area contributed by atoms with E-state index in [1.54, 1.807) is 13.1 Å². The van der Waals surface area contributed by atoms with Crippen LogP contribution in [0.5, 0.6) is 0 Å². The molecule has 172 valence electrons. The number of thioether (sulfide) groups is 1. The molecule has 1 unspecified atom stereocenters. The van der Waals surface area contributed by atoms with E-state index in [0.29, 0.717) is 11.6 Å². The summed E-state index contributed by atoms with van der Waals surface area (Å²) in [5, 5.41) is 22.2. The van der Waals surface area contributed by atoms with Crippen molar-refractivity contribution in [2.45, 2.75) is 86.1 Å². The molecule has 6 heteroatoms. The highest BCUT2D eigenvalue weighted by Gasteiger charge is 2.15. The van der Waals surface area contributed by atoms with E-state index < -0.39 is 12.0 Å². The first-order valence-electron chi connectivity index (χ1n) is 10.8. The molecule has 0 aliphatic rings.